The van der Waals surface area contributed by atoms with E-state index in [0.29, 0.717) is 10.8 Å². The lowest BCUT2D eigenvalue weighted by molar-refractivity contribution is -0.0199. The molecule has 0 radical (unpaired) electrons. The third kappa shape index (κ3) is 1.95. The van der Waals surface area contributed by atoms with Crippen LogP contribution >= 0.6 is 0 Å². The Morgan fingerprint density at radius 2 is 1.73 bits per heavy atom. The zero-order valence-electron chi connectivity index (χ0n) is 10.7. The van der Waals surface area contributed by atoms with Gasteiger partial charge in [-0.15, -0.1) is 0 Å². The number of nitrogens with two attached hydrogens (primary N) is 1. The molecule has 0 aromatic carbocycles. The highest BCUT2D eigenvalue weighted by atomic mass is 14.6. The summed E-state index contributed by atoms with van der Waals surface area (Å²) in [4.78, 5) is 0. The first-order valence-corrected chi connectivity index (χ1v) is 6.67. The van der Waals surface area contributed by atoms with Gasteiger partial charge >= 0.3 is 0 Å². The Kier molecular flexibility index (Phi) is 2.87. The molecule has 15 heavy (non-hydrogen) atoms. The fourth-order valence-electron chi connectivity index (χ4n) is 3.93. The molecule has 1 heteroatoms. The van der Waals surface area contributed by atoms with E-state index < -0.39 is 0 Å². The molecule has 0 aromatic heterocycles. The molecule has 0 aliphatic heterocycles. The fraction of sp³-hybridized carbons (Fsp3) is 1.00. The average Bonchev–Trinajstić information content (AvgIpc) is 2.16. The molecule has 0 saturated heterocycles. The molecule has 2 atom stereocenters. The third-order valence-electron chi connectivity index (χ3n) is 5.51. The quantitative estimate of drug-likeness (QED) is 0.739. The second-order valence-corrected chi connectivity index (χ2v) is 6.96. The number of rotatable bonds is 2. The highest BCUT2D eigenvalue weighted by molar-refractivity contribution is 4.97. The maximum Gasteiger partial charge on any atom is -0.00206 e. The number of hydrogen-bond donors (Lipinski definition) is 1. The summed E-state index contributed by atoms with van der Waals surface area (Å²) in [6, 6.07) is 0. The van der Waals surface area contributed by atoms with Crippen LogP contribution in [0.1, 0.15) is 59.3 Å². The molecule has 2 fully saturated rings. The predicted molar refractivity (Wildman–Crippen MR) is 65.6 cm³/mol. The summed E-state index contributed by atoms with van der Waals surface area (Å²) in [6.07, 6.45) is 8.80. The van der Waals surface area contributed by atoms with Gasteiger partial charge in [0.2, 0.25) is 0 Å². The Morgan fingerprint density at radius 1 is 1.20 bits per heavy atom. The zero-order chi connectivity index (χ0) is 11.1. The molecule has 2 rings (SSSR count). The van der Waals surface area contributed by atoms with E-state index in [1.54, 1.807) is 0 Å². The fourth-order valence-corrected chi connectivity index (χ4v) is 3.93. The second kappa shape index (κ2) is 3.76. The lowest BCUT2D eigenvalue weighted by Crippen LogP contribution is -2.47. The van der Waals surface area contributed by atoms with Crippen LogP contribution in [-0.4, -0.2) is 6.54 Å². The summed E-state index contributed by atoms with van der Waals surface area (Å²) in [5.41, 5.74) is 6.79. The summed E-state index contributed by atoms with van der Waals surface area (Å²) >= 11 is 0. The van der Waals surface area contributed by atoms with Crippen LogP contribution in [0.5, 0.6) is 0 Å². The van der Waals surface area contributed by atoms with Crippen molar-refractivity contribution >= 4 is 0 Å². The molecule has 0 aromatic rings. The molecule has 0 spiro atoms. The first-order chi connectivity index (χ1) is 6.97. The van der Waals surface area contributed by atoms with Crippen molar-refractivity contribution in [2.75, 3.05) is 6.54 Å². The minimum absolute atomic E-state index is 0.321. The van der Waals surface area contributed by atoms with E-state index in [9.17, 15) is 0 Å². The van der Waals surface area contributed by atoms with Crippen molar-refractivity contribution in [2.24, 2.45) is 28.4 Å². The molecule has 2 bridgehead atoms. The van der Waals surface area contributed by atoms with Crippen molar-refractivity contribution in [2.45, 2.75) is 59.3 Å². The zero-order valence-corrected chi connectivity index (χ0v) is 10.7. The van der Waals surface area contributed by atoms with Crippen LogP contribution < -0.4 is 5.73 Å². The van der Waals surface area contributed by atoms with E-state index in [1.165, 1.54) is 38.5 Å². The average molecular weight is 209 g/mol. The molecule has 0 amide bonds. The molecule has 88 valence electrons. The molecule has 2 N–H and O–H groups in total. The van der Waals surface area contributed by atoms with Gasteiger partial charge in [0.15, 0.2) is 0 Å². The lowest BCUT2D eigenvalue weighted by atomic mass is 9.53. The van der Waals surface area contributed by atoms with E-state index in [-0.39, 0.29) is 0 Å². The second-order valence-electron chi connectivity index (χ2n) is 6.96. The predicted octanol–water partition coefficient (Wildman–Crippen LogP) is 3.58. The van der Waals surface area contributed by atoms with Gasteiger partial charge in [-0.3, -0.25) is 0 Å². The van der Waals surface area contributed by atoms with E-state index in [0.717, 1.165) is 18.4 Å². The van der Waals surface area contributed by atoms with Crippen molar-refractivity contribution in [1.82, 2.24) is 0 Å². The smallest absolute Gasteiger partial charge is 0.00206 e. The summed E-state index contributed by atoms with van der Waals surface area (Å²) in [6.45, 7) is 8.06. The van der Waals surface area contributed by atoms with Gasteiger partial charge in [-0.05, 0) is 48.5 Å². The van der Waals surface area contributed by atoms with Crippen molar-refractivity contribution in [3.05, 3.63) is 0 Å². The van der Waals surface area contributed by atoms with Crippen LogP contribution in [0, 0.1) is 22.7 Å². The summed E-state index contributed by atoms with van der Waals surface area (Å²) in [5.74, 6) is 2.02. The van der Waals surface area contributed by atoms with Crippen molar-refractivity contribution < 1.29 is 0 Å². The highest BCUT2D eigenvalue weighted by Crippen LogP contribution is 2.55. The minimum atomic E-state index is 0.321. The highest BCUT2D eigenvalue weighted by Gasteiger charge is 2.46. The van der Waals surface area contributed by atoms with E-state index >= 15 is 0 Å². The standard InChI is InChI=1S/C14H27N/c1-13(2,10-15)14(3)8-11-5-4-6-12(7-11)9-14/h11-12H,4-10,15H2,1-3H3. The Balaban J connectivity index is 2.15. The van der Waals surface area contributed by atoms with Crippen LogP contribution in [0.2, 0.25) is 0 Å². The molecule has 2 unspecified atom stereocenters. The Hall–Kier alpha value is -0.0400. The number of hydrogen-bond acceptors (Lipinski definition) is 1. The molecule has 2 aliphatic rings. The van der Waals surface area contributed by atoms with Crippen LogP contribution in [-0.2, 0) is 0 Å². The van der Waals surface area contributed by atoms with E-state index in [4.69, 9.17) is 5.73 Å². The number of fused-ring (bicyclic) bond motifs is 2. The molecular weight excluding hydrogens is 182 g/mol. The normalized spacial score (nSPS) is 41.6. The van der Waals surface area contributed by atoms with Crippen LogP contribution in [0.4, 0.5) is 0 Å². The van der Waals surface area contributed by atoms with Crippen LogP contribution in [0.3, 0.4) is 0 Å². The van der Waals surface area contributed by atoms with Gasteiger partial charge in [-0.2, -0.15) is 0 Å². The van der Waals surface area contributed by atoms with E-state index in [1.807, 2.05) is 0 Å². The van der Waals surface area contributed by atoms with Gasteiger partial charge in [0.05, 0.1) is 0 Å². The SMILES string of the molecule is CC(C)(CN)C1(C)CC2CCCC(C2)C1. The summed E-state index contributed by atoms with van der Waals surface area (Å²) < 4.78 is 0. The topological polar surface area (TPSA) is 26.0 Å². The first kappa shape index (κ1) is 11.4. The largest absolute Gasteiger partial charge is 0.330 e. The van der Waals surface area contributed by atoms with Gasteiger partial charge in [0, 0.05) is 0 Å². The van der Waals surface area contributed by atoms with Crippen molar-refractivity contribution in [1.29, 1.82) is 0 Å². The maximum absolute atomic E-state index is 5.97. The Bertz CT molecular complexity index is 219. The van der Waals surface area contributed by atoms with Gasteiger partial charge < -0.3 is 5.73 Å². The van der Waals surface area contributed by atoms with Crippen molar-refractivity contribution in [3.8, 4) is 0 Å². The van der Waals surface area contributed by atoms with Gasteiger partial charge in [-0.1, -0.05) is 40.0 Å². The lowest BCUT2D eigenvalue weighted by Gasteiger charge is -2.53. The van der Waals surface area contributed by atoms with Crippen molar-refractivity contribution in [3.63, 3.8) is 0 Å². The Labute approximate surface area is 94.8 Å². The summed E-state index contributed by atoms with van der Waals surface area (Å²) in [5, 5.41) is 0. The first-order valence-electron chi connectivity index (χ1n) is 6.67. The van der Waals surface area contributed by atoms with Gasteiger partial charge in [-0.25, -0.2) is 0 Å². The third-order valence-corrected chi connectivity index (χ3v) is 5.51. The molecule has 2 aliphatic carbocycles. The van der Waals surface area contributed by atoms with E-state index in [2.05, 4.69) is 20.8 Å². The molecule has 1 nitrogen and oxygen atoms in total. The molecular formula is C14H27N. The molecule has 0 heterocycles. The van der Waals surface area contributed by atoms with Gasteiger partial charge in [0.1, 0.15) is 0 Å². The minimum Gasteiger partial charge on any atom is -0.330 e. The monoisotopic (exact) mass is 209 g/mol. The molecule has 2 saturated carbocycles. The van der Waals surface area contributed by atoms with Gasteiger partial charge in [0.25, 0.3) is 0 Å². The van der Waals surface area contributed by atoms with Crippen LogP contribution in [0.15, 0.2) is 0 Å². The van der Waals surface area contributed by atoms with Crippen LogP contribution in [0.25, 0.3) is 0 Å². The Morgan fingerprint density at radius 3 is 2.20 bits per heavy atom. The maximum atomic E-state index is 5.97. The summed E-state index contributed by atoms with van der Waals surface area (Å²) in [7, 11) is 0.